The number of aliphatic carboxylic acids is 1. The summed E-state index contributed by atoms with van der Waals surface area (Å²) in [5.41, 5.74) is 0.0816. The molecule has 0 saturated carbocycles. The molecule has 1 unspecified atom stereocenters. The van der Waals surface area contributed by atoms with Crippen LogP contribution in [0.2, 0.25) is 5.02 Å². The van der Waals surface area contributed by atoms with E-state index in [1.54, 1.807) is 0 Å². The monoisotopic (exact) mass is 285 g/mol. The molecule has 1 atom stereocenters. The number of amides is 1. The summed E-state index contributed by atoms with van der Waals surface area (Å²) in [4.78, 5) is 24.7. The van der Waals surface area contributed by atoms with Crippen molar-refractivity contribution < 1.29 is 19.1 Å². The number of carboxylic acids is 1. The van der Waals surface area contributed by atoms with E-state index in [2.05, 4.69) is 0 Å². The van der Waals surface area contributed by atoms with Crippen LogP contribution < -0.4 is 0 Å². The third-order valence-corrected chi connectivity index (χ3v) is 3.38. The van der Waals surface area contributed by atoms with Crippen LogP contribution in [-0.4, -0.2) is 34.5 Å². The summed E-state index contributed by atoms with van der Waals surface area (Å²) in [6.45, 7) is 0.365. The molecule has 0 aromatic heterocycles. The number of carboxylic acid groups (broad SMARTS) is 1. The Kier molecular flexibility index (Phi) is 4.04. The molecule has 0 aliphatic carbocycles. The Morgan fingerprint density at radius 1 is 1.32 bits per heavy atom. The van der Waals surface area contributed by atoms with Gasteiger partial charge in [-0.2, -0.15) is 0 Å². The third kappa shape index (κ3) is 3.04. The van der Waals surface area contributed by atoms with Gasteiger partial charge < -0.3 is 10.0 Å². The summed E-state index contributed by atoms with van der Waals surface area (Å²) in [7, 11) is 0. The lowest BCUT2D eigenvalue weighted by molar-refractivity contribution is -0.143. The van der Waals surface area contributed by atoms with E-state index >= 15 is 0 Å². The Morgan fingerprint density at radius 2 is 2.05 bits per heavy atom. The van der Waals surface area contributed by atoms with Crippen LogP contribution in [0.25, 0.3) is 0 Å². The van der Waals surface area contributed by atoms with Crippen molar-refractivity contribution in [3.05, 3.63) is 34.6 Å². The van der Waals surface area contributed by atoms with Crippen molar-refractivity contribution in [2.45, 2.75) is 25.3 Å². The fraction of sp³-hybridized carbons (Fsp3) is 0.385. The van der Waals surface area contributed by atoms with Gasteiger partial charge in [-0.15, -0.1) is 0 Å². The Balaban J connectivity index is 2.28. The second kappa shape index (κ2) is 5.57. The smallest absolute Gasteiger partial charge is 0.326 e. The van der Waals surface area contributed by atoms with E-state index in [4.69, 9.17) is 16.7 Å². The fourth-order valence-corrected chi connectivity index (χ4v) is 2.50. The summed E-state index contributed by atoms with van der Waals surface area (Å²) in [6.07, 6.45) is 1.94. The van der Waals surface area contributed by atoms with E-state index in [1.165, 1.54) is 11.0 Å². The summed E-state index contributed by atoms with van der Waals surface area (Å²) in [5.74, 6) is -2.14. The number of rotatable bonds is 2. The van der Waals surface area contributed by atoms with Crippen LogP contribution in [-0.2, 0) is 4.79 Å². The highest BCUT2D eigenvalue weighted by Gasteiger charge is 2.32. The van der Waals surface area contributed by atoms with Crippen molar-refractivity contribution in [2.24, 2.45) is 0 Å². The molecule has 1 fully saturated rings. The average molecular weight is 286 g/mol. The molecule has 1 N–H and O–H groups in total. The average Bonchev–Trinajstić information content (AvgIpc) is 2.36. The molecule has 1 amide bonds. The quantitative estimate of drug-likeness (QED) is 0.908. The van der Waals surface area contributed by atoms with Crippen LogP contribution in [0.1, 0.15) is 29.6 Å². The molecule has 1 aliphatic rings. The largest absolute Gasteiger partial charge is 0.480 e. The van der Waals surface area contributed by atoms with E-state index in [0.717, 1.165) is 25.0 Å². The zero-order valence-electron chi connectivity index (χ0n) is 10.1. The zero-order valence-corrected chi connectivity index (χ0v) is 10.9. The summed E-state index contributed by atoms with van der Waals surface area (Å²) in [5, 5.41) is 9.24. The van der Waals surface area contributed by atoms with Crippen LogP contribution in [0.4, 0.5) is 4.39 Å². The standard InChI is InChI=1S/C13H13ClFNO3/c14-9-5-8(6-10(15)7-9)12(17)16-4-2-1-3-11(16)13(18)19/h5-7,11H,1-4H2,(H,18,19). The van der Waals surface area contributed by atoms with E-state index in [-0.39, 0.29) is 10.6 Å². The van der Waals surface area contributed by atoms with Gasteiger partial charge in [0.25, 0.3) is 5.91 Å². The molecule has 1 saturated heterocycles. The van der Waals surface area contributed by atoms with E-state index in [0.29, 0.717) is 13.0 Å². The first-order valence-corrected chi connectivity index (χ1v) is 6.36. The highest BCUT2D eigenvalue weighted by atomic mass is 35.5. The molecule has 1 aliphatic heterocycles. The molecular weight excluding hydrogens is 273 g/mol. The molecule has 1 aromatic rings. The lowest BCUT2D eigenvalue weighted by Gasteiger charge is -2.33. The Bertz CT molecular complexity index is 500. The Hall–Kier alpha value is -1.62. The lowest BCUT2D eigenvalue weighted by Crippen LogP contribution is -2.48. The fourth-order valence-electron chi connectivity index (χ4n) is 2.27. The molecule has 1 aromatic carbocycles. The Labute approximate surface area is 114 Å². The predicted octanol–water partition coefficient (Wildman–Crippen LogP) is 2.56. The highest BCUT2D eigenvalue weighted by molar-refractivity contribution is 6.31. The number of hydrogen-bond acceptors (Lipinski definition) is 2. The summed E-state index contributed by atoms with van der Waals surface area (Å²) >= 11 is 5.70. The summed E-state index contributed by atoms with van der Waals surface area (Å²) in [6, 6.07) is 2.68. The van der Waals surface area contributed by atoms with Gasteiger partial charge in [0.2, 0.25) is 0 Å². The van der Waals surface area contributed by atoms with Crippen LogP contribution in [0.15, 0.2) is 18.2 Å². The number of benzene rings is 1. The molecule has 2 rings (SSSR count). The van der Waals surface area contributed by atoms with Crippen molar-refractivity contribution in [3.63, 3.8) is 0 Å². The number of carbonyl (C=O) groups is 2. The maximum absolute atomic E-state index is 13.2. The number of carbonyl (C=O) groups excluding carboxylic acids is 1. The molecule has 102 valence electrons. The van der Waals surface area contributed by atoms with E-state index in [9.17, 15) is 14.0 Å². The van der Waals surface area contributed by atoms with Crippen LogP contribution in [0.3, 0.4) is 0 Å². The first-order chi connectivity index (χ1) is 8.99. The first-order valence-electron chi connectivity index (χ1n) is 5.99. The van der Waals surface area contributed by atoms with Crippen LogP contribution >= 0.6 is 11.6 Å². The van der Waals surface area contributed by atoms with Gasteiger partial charge in [0.05, 0.1) is 0 Å². The third-order valence-electron chi connectivity index (χ3n) is 3.16. The summed E-state index contributed by atoms with van der Waals surface area (Å²) < 4.78 is 13.2. The Morgan fingerprint density at radius 3 is 2.68 bits per heavy atom. The van der Waals surface area contributed by atoms with Crippen molar-refractivity contribution in [1.29, 1.82) is 0 Å². The number of piperidine rings is 1. The molecule has 0 spiro atoms. The van der Waals surface area contributed by atoms with E-state index < -0.39 is 23.7 Å². The van der Waals surface area contributed by atoms with Gasteiger partial charge in [-0.1, -0.05) is 11.6 Å². The van der Waals surface area contributed by atoms with Gasteiger partial charge in [0.1, 0.15) is 11.9 Å². The van der Waals surface area contributed by atoms with Crippen molar-refractivity contribution in [2.75, 3.05) is 6.54 Å². The van der Waals surface area contributed by atoms with Gasteiger partial charge in [0, 0.05) is 17.1 Å². The van der Waals surface area contributed by atoms with Crippen LogP contribution in [0, 0.1) is 5.82 Å². The SMILES string of the molecule is O=C(O)C1CCCCN1C(=O)c1cc(F)cc(Cl)c1. The zero-order chi connectivity index (χ0) is 14.0. The van der Waals surface area contributed by atoms with Gasteiger partial charge in [-0.25, -0.2) is 9.18 Å². The minimum atomic E-state index is -1.03. The molecule has 0 radical (unpaired) electrons. The molecule has 1 heterocycles. The maximum Gasteiger partial charge on any atom is 0.326 e. The maximum atomic E-state index is 13.2. The number of hydrogen-bond donors (Lipinski definition) is 1. The van der Waals surface area contributed by atoms with Gasteiger partial charge >= 0.3 is 5.97 Å². The van der Waals surface area contributed by atoms with Crippen molar-refractivity contribution in [1.82, 2.24) is 4.90 Å². The van der Waals surface area contributed by atoms with Gasteiger partial charge in [-0.05, 0) is 37.5 Å². The minimum Gasteiger partial charge on any atom is -0.480 e. The predicted molar refractivity (Wildman–Crippen MR) is 67.7 cm³/mol. The molecule has 6 heteroatoms. The molecule has 4 nitrogen and oxygen atoms in total. The van der Waals surface area contributed by atoms with Gasteiger partial charge in [-0.3, -0.25) is 4.79 Å². The number of nitrogens with zero attached hydrogens (tertiary/aromatic N) is 1. The second-order valence-corrected chi connectivity index (χ2v) is 4.94. The van der Waals surface area contributed by atoms with Crippen LogP contribution in [0.5, 0.6) is 0 Å². The number of likely N-dealkylation sites (tertiary alicyclic amines) is 1. The highest BCUT2D eigenvalue weighted by Crippen LogP contribution is 2.22. The van der Waals surface area contributed by atoms with Crippen molar-refractivity contribution in [3.8, 4) is 0 Å². The normalized spacial score (nSPS) is 19.3. The molecule has 19 heavy (non-hydrogen) atoms. The van der Waals surface area contributed by atoms with Crippen molar-refractivity contribution >= 4 is 23.5 Å². The second-order valence-electron chi connectivity index (χ2n) is 4.51. The van der Waals surface area contributed by atoms with Gasteiger partial charge in [0.15, 0.2) is 0 Å². The molecular formula is C13H13ClFNO3. The lowest BCUT2D eigenvalue weighted by atomic mass is 10.0. The topological polar surface area (TPSA) is 57.6 Å². The first kappa shape index (κ1) is 13.8. The minimum absolute atomic E-state index is 0.0816. The van der Waals surface area contributed by atoms with E-state index in [1.807, 2.05) is 0 Å². The number of halogens is 2. The molecule has 0 bridgehead atoms.